The zero-order valence-electron chi connectivity index (χ0n) is 24.3. The summed E-state index contributed by atoms with van der Waals surface area (Å²) in [6, 6.07) is 6.72. The van der Waals surface area contributed by atoms with Crippen LogP contribution in [0, 0.1) is 5.92 Å². The standard InChI is InChI=1S/C31H44N5O5/c1-21(2)16-28(29(39)14-15-37)36(25-12-8-5-9-13-25)31(41)27(18-24-19-32-20-33-24)35-30(40)26(34-22(3)38)17-23-10-6-4-7-11-23/h4,6-7,10-11,19-21,25-29,39H,5,8-9,12-14,16-18H2,1-3H3,(H,32,33)(H,34,38)(H,35,40)/t26-,27-,28-,29-/m0/s1. The maximum absolute atomic E-state index is 14.5. The van der Waals surface area contributed by atoms with Crippen molar-refractivity contribution in [1.82, 2.24) is 25.5 Å². The first-order valence-electron chi connectivity index (χ1n) is 14.6. The zero-order chi connectivity index (χ0) is 29.8. The van der Waals surface area contributed by atoms with Crippen LogP contribution in [-0.2, 0) is 32.0 Å². The van der Waals surface area contributed by atoms with Crippen LogP contribution in [0.15, 0.2) is 42.9 Å². The summed E-state index contributed by atoms with van der Waals surface area (Å²) in [6.45, 7) is 5.38. The summed E-state index contributed by atoms with van der Waals surface area (Å²) in [4.78, 5) is 60.4. The zero-order valence-corrected chi connectivity index (χ0v) is 24.3. The first kappa shape index (κ1) is 32.0. The van der Waals surface area contributed by atoms with E-state index in [9.17, 15) is 24.3 Å². The molecule has 0 spiro atoms. The number of benzene rings is 1. The molecule has 1 saturated carbocycles. The summed E-state index contributed by atoms with van der Waals surface area (Å²) in [7, 11) is 0. The first-order valence-corrected chi connectivity index (χ1v) is 14.6. The van der Waals surface area contributed by atoms with Crippen LogP contribution in [0.4, 0.5) is 0 Å². The molecule has 1 radical (unpaired) electrons. The van der Waals surface area contributed by atoms with Gasteiger partial charge in [0.15, 0.2) is 0 Å². The van der Waals surface area contributed by atoms with Crippen molar-refractivity contribution in [3.63, 3.8) is 0 Å². The minimum absolute atomic E-state index is 0.125. The van der Waals surface area contributed by atoms with Crippen LogP contribution >= 0.6 is 0 Å². The maximum Gasteiger partial charge on any atom is 0.246 e. The first-order chi connectivity index (χ1) is 19.7. The van der Waals surface area contributed by atoms with Gasteiger partial charge in [0, 0.05) is 38.4 Å². The van der Waals surface area contributed by atoms with E-state index >= 15 is 0 Å². The number of hydrogen-bond donors (Lipinski definition) is 4. The van der Waals surface area contributed by atoms with E-state index in [1.165, 1.54) is 13.3 Å². The van der Waals surface area contributed by atoms with Gasteiger partial charge in [0.25, 0.3) is 0 Å². The van der Waals surface area contributed by atoms with Crippen LogP contribution in [0.1, 0.15) is 77.0 Å². The number of nitrogens with zero attached hydrogens (tertiary/aromatic N) is 2. The van der Waals surface area contributed by atoms with Crippen molar-refractivity contribution >= 4 is 24.0 Å². The van der Waals surface area contributed by atoms with Crippen molar-refractivity contribution in [2.45, 2.75) is 109 Å². The van der Waals surface area contributed by atoms with E-state index in [0.29, 0.717) is 12.1 Å². The van der Waals surface area contributed by atoms with Gasteiger partial charge in [-0.1, -0.05) is 63.4 Å². The Balaban J connectivity index is 1.96. The van der Waals surface area contributed by atoms with Gasteiger partial charge in [-0.2, -0.15) is 0 Å². The molecule has 0 unspecified atom stereocenters. The van der Waals surface area contributed by atoms with Gasteiger partial charge in [-0.25, -0.2) is 4.98 Å². The predicted molar refractivity (Wildman–Crippen MR) is 155 cm³/mol. The van der Waals surface area contributed by atoms with E-state index in [0.717, 1.165) is 37.7 Å². The van der Waals surface area contributed by atoms with E-state index in [2.05, 4.69) is 20.6 Å². The molecule has 3 amide bonds. The Hall–Kier alpha value is -3.53. The third-order valence-electron chi connectivity index (χ3n) is 7.59. The van der Waals surface area contributed by atoms with Gasteiger partial charge in [0.1, 0.15) is 12.1 Å². The quantitative estimate of drug-likeness (QED) is 0.261. The molecule has 0 saturated heterocycles. The molecule has 2 aromatic rings. The molecular weight excluding hydrogens is 522 g/mol. The van der Waals surface area contributed by atoms with Crippen molar-refractivity contribution in [2.24, 2.45) is 5.92 Å². The topological polar surface area (TPSA) is 144 Å². The van der Waals surface area contributed by atoms with Gasteiger partial charge in [-0.15, -0.1) is 0 Å². The predicted octanol–water partition coefficient (Wildman–Crippen LogP) is 2.62. The molecule has 1 aromatic carbocycles. The molecule has 1 aliphatic carbocycles. The lowest BCUT2D eigenvalue weighted by molar-refractivity contribution is -0.145. The SMILES string of the molecule is CC(=O)N[C@@H](Cc1ccccc1)C(=O)N[C@@H](Cc1c[nH]cn1)C(=O)N(C1CCCCC1)[C@@H](CC(C)C)[C@@H](O)C[C]=O. The molecule has 0 bridgehead atoms. The Kier molecular flexibility index (Phi) is 12.5. The highest BCUT2D eigenvalue weighted by Gasteiger charge is 2.40. The molecule has 10 nitrogen and oxygen atoms in total. The van der Waals surface area contributed by atoms with Crippen molar-refractivity contribution in [1.29, 1.82) is 0 Å². The molecule has 1 aliphatic rings. The fraction of sp³-hybridized carbons (Fsp3) is 0.581. The number of aromatic amines is 1. The van der Waals surface area contributed by atoms with Gasteiger partial charge in [0.2, 0.25) is 24.0 Å². The minimum Gasteiger partial charge on any atom is -0.391 e. The van der Waals surface area contributed by atoms with Gasteiger partial charge >= 0.3 is 0 Å². The number of aliphatic hydroxyl groups is 1. The number of hydrogen-bond acceptors (Lipinski definition) is 6. The van der Waals surface area contributed by atoms with E-state index in [-0.39, 0.29) is 43.0 Å². The van der Waals surface area contributed by atoms with Crippen LogP contribution in [0.3, 0.4) is 0 Å². The normalized spacial score (nSPS) is 16.8. The summed E-state index contributed by atoms with van der Waals surface area (Å²) >= 11 is 0. The molecule has 41 heavy (non-hydrogen) atoms. The number of amides is 3. The largest absolute Gasteiger partial charge is 0.391 e. The number of rotatable bonds is 15. The number of carbonyl (C=O) groups excluding carboxylic acids is 4. The van der Waals surface area contributed by atoms with Gasteiger partial charge < -0.3 is 25.6 Å². The molecular formula is C31H44N5O5. The number of carbonyl (C=O) groups is 3. The molecule has 1 heterocycles. The summed E-state index contributed by atoms with van der Waals surface area (Å²) in [5.74, 6) is -1.02. The lowest BCUT2D eigenvalue weighted by Gasteiger charge is -2.44. The molecule has 0 aliphatic heterocycles. The highest BCUT2D eigenvalue weighted by molar-refractivity contribution is 5.92. The van der Waals surface area contributed by atoms with Crippen LogP contribution in [0.25, 0.3) is 0 Å². The highest BCUT2D eigenvalue weighted by atomic mass is 16.3. The molecule has 10 heteroatoms. The van der Waals surface area contributed by atoms with Gasteiger partial charge in [0.05, 0.1) is 24.2 Å². The Morgan fingerprint density at radius 1 is 1.07 bits per heavy atom. The van der Waals surface area contributed by atoms with E-state index < -0.39 is 30.1 Å². The Bertz CT molecular complexity index is 1100. The average Bonchev–Trinajstić information content (AvgIpc) is 3.46. The summed E-state index contributed by atoms with van der Waals surface area (Å²) in [5, 5.41) is 16.7. The Morgan fingerprint density at radius 3 is 2.37 bits per heavy atom. The molecule has 3 rings (SSSR count). The van der Waals surface area contributed by atoms with E-state index in [1.54, 1.807) is 11.1 Å². The lowest BCUT2D eigenvalue weighted by atomic mass is 9.88. The van der Waals surface area contributed by atoms with E-state index in [1.807, 2.05) is 50.5 Å². The second-order valence-corrected chi connectivity index (χ2v) is 11.4. The molecule has 1 fully saturated rings. The van der Waals surface area contributed by atoms with Crippen LogP contribution in [-0.4, -0.2) is 74.3 Å². The number of imidazole rings is 1. The number of H-pyrrole nitrogens is 1. The number of aliphatic hydroxyl groups excluding tert-OH is 1. The second kappa shape index (κ2) is 16.0. The second-order valence-electron chi connectivity index (χ2n) is 11.4. The van der Waals surface area contributed by atoms with Gasteiger partial charge in [-0.3, -0.25) is 19.2 Å². The third-order valence-corrected chi connectivity index (χ3v) is 7.59. The van der Waals surface area contributed by atoms with E-state index in [4.69, 9.17) is 0 Å². The Morgan fingerprint density at radius 2 is 1.78 bits per heavy atom. The summed E-state index contributed by atoms with van der Waals surface area (Å²) in [6.07, 6.45) is 9.14. The highest BCUT2D eigenvalue weighted by Crippen LogP contribution is 2.29. The van der Waals surface area contributed by atoms with Crippen molar-refractivity contribution in [3.8, 4) is 0 Å². The van der Waals surface area contributed by atoms with Crippen molar-refractivity contribution in [2.75, 3.05) is 0 Å². The van der Waals surface area contributed by atoms with Gasteiger partial charge in [-0.05, 0) is 30.7 Å². The molecule has 4 atom stereocenters. The van der Waals surface area contributed by atoms with Crippen LogP contribution in [0.5, 0.6) is 0 Å². The lowest BCUT2D eigenvalue weighted by Crippen LogP contribution is -2.61. The summed E-state index contributed by atoms with van der Waals surface area (Å²) < 4.78 is 0. The number of aromatic nitrogens is 2. The average molecular weight is 567 g/mol. The van der Waals surface area contributed by atoms with Crippen molar-refractivity contribution in [3.05, 3.63) is 54.1 Å². The van der Waals surface area contributed by atoms with Crippen LogP contribution < -0.4 is 10.6 Å². The maximum atomic E-state index is 14.5. The smallest absolute Gasteiger partial charge is 0.246 e. The molecule has 223 valence electrons. The monoisotopic (exact) mass is 566 g/mol. The minimum atomic E-state index is -1.08. The fourth-order valence-corrected chi connectivity index (χ4v) is 5.70. The summed E-state index contributed by atoms with van der Waals surface area (Å²) in [5.41, 5.74) is 1.46. The van der Waals surface area contributed by atoms with Crippen LogP contribution in [0.2, 0.25) is 0 Å². The van der Waals surface area contributed by atoms with Crippen molar-refractivity contribution < 1.29 is 24.3 Å². The molecule has 1 aromatic heterocycles. The Labute approximate surface area is 242 Å². The molecule has 4 N–H and O–H groups in total. The third kappa shape index (κ3) is 9.81. The fourth-order valence-electron chi connectivity index (χ4n) is 5.70. The number of nitrogens with one attached hydrogen (secondary N) is 3.